The third kappa shape index (κ3) is 5.04. The van der Waals surface area contributed by atoms with Crippen LogP contribution in [0.15, 0.2) is 0 Å². The van der Waals surface area contributed by atoms with Crippen LogP contribution in [-0.2, 0) is 4.79 Å². The van der Waals surface area contributed by atoms with Crippen molar-refractivity contribution in [3.05, 3.63) is 0 Å². The minimum absolute atomic E-state index is 0.00527. The van der Waals surface area contributed by atoms with Crippen LogP contribution in [0.2, 0.25) is 0 Å². The molecule has 0 saturated heterocycles. The molecular weight excluding hydrogens is 162 g/mol. The Morgan fingerprint density at radius 1 is 1.31 bits per heavy atom. The van der Waals surface area contributed by atoms with Crippen LogP contribution in [0, 0.1) is 5.92 Å². The summed E-state index contributed by atoms with van der Waals surface area (Å²) in [5.74, 6) is 0.863. The highest BCUT2D eigenvalue weighted by Crippen LogP contribution is 2.10. The number of Topliss-reactive ketones (excluding diaryl/α,β-unsaturated/α-hetero) is 1. The van der Waals surface area contributed by atoms with Crippen molar-refractivity contribution in [1.82, 2.24) is 5.32 Å². The summed E-state index contributed by atoms with van der Waals surface area (Å²) in [6.45, 7) is 10.1. The fraction of sp³-hybridized carbons (Fsp3) is 0.909. The Hall–Kier alpha value is -0.370. The van der Waals surface area contributed by atoms with Crippen molar-refractivity contribution in [2.45, 2.75) is 59.5 Å². The van der Waals surface area contributed by atoms with Crippen LogP contribution in [0.3, 0.4) is 0 Å². The van der Waals surface area contributed by atoms with Crippen molar-refractivity contribution in [3.8, 4) is 0 Å². The Labute approximate surface area is 82.1 Å². The van der Waals surface area contributed by atoms with Crippen molar-refractivity contribution in [3.63, 3.8) is 0 Å². The normalized spacial score (nSPS) is 17.9. The first-order valence-electron chi connectivity index (χ1n) is 5.25. The zero-order chi connectivity index (χ0) is 10.4. The minimum atomic E-state index is -0.00527. The molecule has 2 nitrogen and oxygen atoms in total. The predicted molar refractivity (Wildman–Crippen MR) is 56.8 cm³/mol. The van der Waals surface area contributed by atoms with Gasteiger partial charge in [-0.2, -0.15) is 0 Å². The Morgan fingerprint density at radius 3 is 2.23 bits per heavy atom. The lowest BCUT2D eigenvalue weighted by atomic mass is 9.97. The van der Waals surface area contributed by atoms with Crippen molar-refractivity contribution < 1.29 is 4.79 Å². The first-order valence-corrected chi connectivity index (χ1v) is 5.25. The monoisotopic (exact) mass is 185 g/mol. The Morgan fingerprint density at radius 2 is 1.85 bits per heavy atom. The molecule has 0 bridgehead atoms. The van der Waals surface area contributed by atoms with Gasteiger partial charge >= 0.3 is 0 Å². The summed E-state index contributed by atoms with van der Waals surface area (Å²) in [4.78, 5) is 11.0. The van der Waals surface area contributed by atoms with Crippen LogP contribution in [0.5, 0.6) is 0 Å². The van der Waals surface area contributed by atoms with E-state index in [-0.39, 0.29) is 11.8 Å². The van der Waals surface area contributed by atoms with E-state index < -0.39 is 0 Å². The van der Waals surface area contributed by atoms with Crippen molar-refractivity contribution in [1.29, 1.82) is 0 Å². The highest BCUT2D eigenvalue weighted by molar-refractivity contribution is 5.80. The summed E-state index contributed by atoms with van der Waals surface area (Å²) in [6, 6.07) is 0.424. The summed E-state index contributed by atoms with van der Waals surface area (Å²) < 4.78 is 0. The van der Waals surface area contributed by atoms with E-state index in [2.05, 4.69) is 26.1 Å². The first-order chi connectivity index (χ1) is 5.99. The molecular formula is C11H23NO. The molecule has 0 amide bonds. The third-order valence-electron chi connectivity index (χ3n) is 2.72. The van der Waals surface area contributed by atoms with Gasteiger partial charge in [-0.15, -0.1) is 0 Å². The minimum Gasteiger partial charge on any atom is -0.305 e. The van der Waals surface area contributed by atoms with Gasteiger partial charge in [-0.1, -0.05) is 20.3 Å². The van der Waals surface area contributed by atoms with Crippen LogP contribution in [0.25, 0.3) is 0 Å². The molecule has 0 aromatic heterocycles. The van der Waals surface area contributed by atoms with Gasteiger partial charge < -0.3 is 5.32 Å². The lowest BCUT2D eigenvalue weighted by Crippen LogP contribution is -2.42. The molecule has 3 atom stereocenters. The van der Waals surface area contributed by atoms with Gasteiger partial charge in [0.2, 0.25) is 0 Å². The van der Waals surface area contributed by atoms with E-state index in [4.69, 9.17) is 0 Å². The number of carbonyl (C=O) groups excluding carboxylic acids is 1. The lowest BCUT2D eigenvalue weighted by molar-refractivity contribution is -0.118. The molecule has 1 N–H and O–H groups in total. The number of rotatable bonds is 6. The van der Waals surface area contributed by atoms with Gasteiger partial charge in [0.1, 0.15) is 5.78 Å². The number of carbonyl (C=O) groups is 1. The average molecular weight is 185 g/mol. The molecule has 13 heavy (non-hydrogen) atoms. The third-order valence-corrected chi connectivity index (χ3v) is 2.72. The summed E-state index contributed by atoms with van der Waals surface area (Å²) in [5, 5.41) is 3.31. The SMILES string of the molecule is CCCC(C)C(C)NC(C)C(C)=O. The van der Waals surface area contributed by atoms with E-state index in [1.165, 1.54) is 12.8 Å². The molecule has 0 saturated carbocycles. The van der Waals surface area contributed by atoms with E-state index in [0.717, 1.165) is 0 Å². The van der Waals surface area contributed by atoms with Gasteiger partial charge in [0.25, 0.3) is 0 Å². The van der Waals surface area contributed by atoms with Gasteiger partial charge in [-0.3, -0.25) is 4.79 Å². The van der Waals surface area contributed by atoms with Crippen molar-refractivity contribution >= 4 is 5.78 Å². The number of hydrogen-bond acceptors (Lipinski definition) is 2. The maximum absolute atomic E-state index is 11.0. The molecule has 0 rings (SSSR count). The van der Waals surface area contributed by atoms with E-state index in [1.54, 1.807) is 6.92 Å². The molecule has 78 valence electrons. The van der Waals surface area contributed by atoms with Crippen LogP contribution >= 0.6 is 0 Å². The second kappa shape index (κ2) is 6.14. The molecule has 0 radical (unpaired) electrons. The highest BCUT2D eigenvalue weighted by atomic mass is 16.1. The largest absolute Gasteiger partial charge is 0.305 e. The Bertz CT molecular complexity index is 156. The second-order valence-electron chi connectivity index (χ2n) is 4.05. The molecule has 0 spiro atoms. The zero-order valence-corrected chi connectivity index (χ0v) is 9.55. The molecule has 2 heteroatoms. The smallest absolute Gasteiger partial charge is 0.146 e. The van der Waals surface area contributed by atoms with Crippen LogP contribution in [0.4, 0.5) is 0 Å². The quantitative estimate of drug-likeness (QED) is 0.688. The lowest BCUT2D eigenvalue weighted by Gasteiger charge is -2.23. The molecule has 0 aliphatic carbocycles. The molecule has 0 fully saturated rings. The molecule has 0 aromatic carbocycles. The van der Waals surface area contributed by atoms with Gasteiger partial charge in [-0.05, 0) is 33.1 Å². The predicted octanol–water partition coefficient (Wildman–Crippen LogP) is 2.38. The van der Waals surface area contributed by atoms with E-state index in [1.807, 2.05) is 6.92 Å². The standard InChI is InChI=1S/C11H23NO/c1-6-7-8(2)9(3)12-10(4)11(5)13/h8-10,12H,6-7H2,1-5H3. The van der Waals surface area contributed by atoms with Crippen LogP contribution in [0.1, 0.15) is 47.5 Å². The fourth-order valence-corrected chi connectivity index (χ4v) is 1.38. The summed E-state index contributed by atoms with van der Waals surface area (Å²) >= 11 is 0. The van der Waals surface area contributed by atoms with E-state index >= 15 is 0 Å². The zero-order valence-electron chi connectivity index (χ0n) is 9.55. The maximum Gasteiger partial charge on any atom is 0.146 e. The van der Waals surface area contributed by atoms with Crippen molar-refractivity contribution in [2.24, 2.45) is 5.92 Å². The molecule has 0 aliphatic rings. The first kappa shape index (κ1) is 12.6. The Balaban J connectivity index is 3.84. The molecule has 0 aromatic rings. The van der Waals surface area contributed by atoms with E-state index in [9.17, 15) is 4.79 Å². The van der Waals surface area contributed by atoms with Gasteiger partial charge in [-0.25, -0.2) is 0 Å². The summed E-state index contributed by atoms with van der Waals surface area (Å²) in [6.07, 6.45) is 2.43. The second-order valence-corrected chi connectivity index (χ2v) is 4.05. The highest BCUT2D eigenvalue weighted by Gasteiger charge is 2.15. The van der Waals surface area contributed by atoms with Gasteiger partial charge in [0.15, 0.2) is 0 Å². The van der Waals surface area contributed by atoms with Gasteiger partial charge in [0, 0.05) is 6.04 Å². The average Bonchev–Trinajstić information content (AvgIpc) is 2.04. The maximum atomic E-state index is 11.0. The summed E-state index contributed by atoms with van der Waals surface area (Å²) in [7, 11) is 0. The molecule has 0 aliphatic heterocycles. The summed E-state index contributed by atoms with van der Waals surface area (Å²) in [5.41, 5.74) is 0. The molecule has 3 unspecified atom stereocenters. The Kier molecular flexibility index (Phi) is 5.97. The van der Waals surface area contributed by atoms with Crippen LogP contribution < -0.4 is 5.32 Å². The van der Waals surface area contributed by atoms with E-state index in [0.29, 0.717) is 12.0 Å². The molecule has 0 heterocycles. The number of nitrogens with one attached hydrogen (secondary N) is 1. The fourth-order valence-electron chi connectivity index (χ4n) is 1.38. The number of hydrogen-bond donors (Lipinski definition) is 1. The van der Waals surface area contributed by atoms with Crippen molar-refractivity contribution in [2.75, 3.05) is 0 Å². The topological polar surface area (TPSA) is 29.1 Å². The van der Waals surface area contributed by atoms with Crippen LogP contribution in [-0.4, -0.2) is 17.9 Å². The number of ketones is 1. The van der Waals surface area contributed by atoms with Gasteiger partial charge in [0.05, 0.1) is 6.04 Å².